The van der Waals surface area contributed by atoms with Crippen molar-refractivity contribution in [3.8, 4) is 5.75 Å². The van der Waals surface area contributed by atoms with Gasteiger partial charge in [0, 0.05) is 26.0 Å². The predicted molar refractivity (Wildman–Crippen MR) is 136 cm³/mol. The maximum absolute atomic E-state index is 13.1. The molecule has 0 aliphatic heterocycles. The maximum Gasteiger partial charge on any atom is 0.410 e. The van der Waals surface area contributed by atoms with E-state index in [1.165, 1.54) is 29.2 Å². The smallest absolute Gasteiger partial charge is 0.410 e. The van der Waals surface area contributed by atoms with Crippen molar-refractivity contribution in [3.05, 3.63) is 65.5 Å². The Morgan fingerprint density at radius 1 is 0.923 bits per heavy atom. The van der Waals surface area contributed by atoms with Gasteiger partial charge in [-0.1, -0.05) is 37.1 Å². The highest BCUT2D eigenvalue weighted by Crippen LogP contribution is 2.23. The number of carboxylic acid groups (broad SMARTS) is 1. The molecule has 11 heteroatoms. The normalized spacial score (nSPS) is 12.1. The molecule has 0 aliphatic rings. The summed E-state index contributed by atoms with van der Waals surface area (Å²) >= 11 is 0. The second-order valence-electron chi connectivity index (χ2n) is 8.93. The quantitative estimate of drug-likeness (QED) is 0.179. The van der Waals surface area contributed by atoms with Crippen LogP contribution < -0.4 is 4.74 Å². The summed E-state index contributed by atoms with van der Waals surface area (Å²) in [6, 6.07) is 12.4. The first-order valence-electron chi connectivity index (χ1n) is 12.9. The van der Waals surface area contributed by atoms with Crippen molar-refractivity contribution >= 4 is 12.1 Å². The zero-order valence-electron chi connectivity index (χ0n) is 21.9. The number of carboxylic acids is 1. The van der Waals surface area contributed by atoms with Crippen molar-refractivity contribution in [3.63, 3.8) is 0 Å². The second kappa shape index (κ2) is 16.6. The Kier molecular flexibility index (Phi) is 13.6. The van der Waals surface area contributed by atoms with E-state index in [-0.39, 0.29) is 45.8 Å². The topological polar surface area (TPSA) is 85.3 Å². The molecule has 0 spiro atoms. The van der Waals surface area contributed by atoms with E-state index in [1.807, 2.05) is 0 Å². The van der Waals surface area contributed by atoms with Gasteiger partial charge in [-0.25, -0.2) is 14.0 Å². The number of aliphatic carboxylic acids is 1. The molecule has 0 saturated heterocycles. The van der Waals surface area contributed by atoms with Crippen molar-refractivity contribution in [1.82, 2.24) is 4.90 Å². The second-order valence-corrected chi connectivity index (χ2v) is 8.93. The van der Waals surface area contributed by atoms with Crippen LogP contribution in [0, 0.1) is 5.82 Å². The Bertz CT molecular complexity index is 999. The van der Waals surface area contributed by atoms with E-state index in [9.17, 15) is 32.3 Å². The molecule has 2 aromatic rings. The van der Waals surface area contributed by atoms with Gasteiger partial charge in [-0.3, -0.25) is 0 Å². The number of amides is 1. The maximum atomic E-state index is 13.1. The van der Waals surface area contributed by atoms with Gasteiger partial charge in [-0.05, 0) is 55.2 Å². The van der Waals surface area contributed by atoms with Crippen LogP contribution in [0.3, 0.4) is 0 Å². The Balaban J connectivity index is 1.87. The molecule has 1 N–H and O–H groups in total. The molecule has 39 heavy (non-hydrogen) atoms. The monoisotopic (exact) mass is 557 g/mol. The van der Waals surface area contributed by atoms with Gasteiger partial charge in [0.15, 0.2) is 6.10 Å². The van der Waals surface area contributed by atoms with Crippen LogP contribution in [0.15, 0.2) is 48.5 Å². The van der Waals surface area contributed by atoms with Crippen LogP contribution in [0.2, 0.25) is 0 Å². The highest BCUT2D eigenvalue weighted by molar-refractivity contribution is 5.72. The Labute approximate surface area is 225 Å². The number of alkyl halides is 3. The number of halogens is 4. The number of hydrogen-bond acceptors (Lipinski definition) is 5. The van der Waals surface area contributed by atoms with Gasteiger partial charge in [0.2, 0.25) is 0 Å². The van der Waals surface area contributed by atoms with Gasteiger partial charge in [0.1, 0.15) is 24.8 Å². The molecule has 0 aromatic heterocycles. The summed E-state index contributed by atoms with van der Waals surface area (Å²) in [4.78, 5) is 25.4. The minimum atomic E-state index is -4.17. The Morgan fingerprint density at radius 3 is 2.18 bits per heavy atom. The molecule has 216 valence electrons. The SMILES string of the molecule is CCOC(Cc1ccc(OCCN(CCCCCCC(F)(F)F)C(=O)OCc2ccc(F)cc2)cc1)C(=O)O. The highest BCUT2D eigenvalue weighted by Gasteiger charge is 2.25. The standard InChI is InChI=1S/C28H35F4NO6/c1-2-37-25(26(34)35)19-21-9-13-24(14-10-21)38-18-17-33(16-6-4-3-5-15-28(30,31)32)27(36)39-20-22-7-11-23(29)12-8-22/h7-14,25H,2-6,15-20H2,1H3,(H,34,35). The van der Waals surface area contributed by atoms with E-state index in [0.29, 0.717) is 30.6 Å². The van der Waals surface area contributed by atoms with Crippen molar-refractivity contribution < 1.29 is 46.5 Å². The zero-order valence-corrected chi connectivity index (χ0v) is 21.9. The number of carbonyl (C=O) groups excluding carboxylic acids is 1. The fraction of sp³-hybridized carbons (Fsp3) is 0.500. The number of benzene rings is 2. The first-order chi connectivity index (χ1) is 18.6. The number of hydrogen-bond donors (Lipinski definition) is 1. The Morgan fingerprint density at radius 2 is 1.56 bits per heavy atom. The lowest BCUT2D eigenvalue weighted by atomic mass is 10.1. The molecule has 1 atom stereocenters. The van der Waals surface area contributed by atoms with Gasteiger partial charge < -0.3 is 24.2 Å². The van der Waals surface area contributed by atoms with Crippen LogP contribution in [0.1, 0.15) is 50.2 Å². The largest absolute Gasteiger partial charge is 0.492 e. The Hall–Kier alpha value is -3.34. The van der Waals surface area contributed by atoms with Gasteiger partial charge in [0.25, 0.3) is 0 Å². The molecule has 0 fully saturated rings. The molecule has 0 aliphatic carbocycles. The van der Waals surface area contributed by atoms with Gasteiger partial charge in [0.05, 0.1) is 6.54 Å². The van der Waals surface area contributed by atoms with Crippen LogP contribution >= 0.6 is 0 Å². The lowest BCUT2D eigenvalue weighted by Crippen LogP contribution is -2.36. The van der Waals surface area contributed by atoms with Crippen LogP contribution in [0.4, 0.5) is 22.4 Å². The van der Waals surface area contributed by atoms with E-state index < -0.39 is 36.6 Å². The summed E-state index contributed by atoms with van der Waals surface area (Å²) in [6.45, 7) is 2.55. The number of nitrogens with zero attached hydrogens (tertiary/aromatic N) is 1. The fourth-order valence-corrected chi connectivity index (χ4v) is 3.72. The molecule has 2 rings (SSSR count). The summed E-state index contributed by atoms with van der Waals surface area (Å²) < 4.78 is 66.4. The van der Waals surface area contributed by atoms with Gasteiger partial charge in [-0.2, -0.15) is 13.2 Å². The lowest BCUT2D eigenvalue weighted by Gasteiger charge is -2.22. The van der Waals surface area contributed by atoms with E-state index in [1.54, 1.807) is 31.2 Å². The molecule has 0 saturated carbocycles. The molecule has 0 bridgehead atoms. The average Bonchev–Trinajstić information content (AvgIpc) is 2.89. The third kappa shape index (κ3) is 13.3. The summed E-state index contributed by atoms with van der Waals surface area (Å²) in [5.41, 5.74) is 1.38. The molecule has 1 amide bonds. The van der Waals surface area contributed by atoms with Crippen molar-refractivity contribution in [2.24, 2.45) is 0 Å². The lowest BCUT2D eigenvalue weighted by molar-refractivity contribution is -0.150. The summed E-state index contributed by atoms with van der Waals surface area (Å²) in [5, 5.41) is 9.23. The molecule has 2 aromatic carbocycles. The van der Waals surface area contributed by atoms with E-state index in [4.69, 9.17) is 14.2 Å². The summed E-state index contributed by atoms with van der Waals surface area (Å²) in [7, 11) is 0. The first kappa shape index (κ1) is 31.9. The molecular weight excluding hydrogens is 522 g/mol. The minimum Gasteiger partial charge on any atom is -0.492 e. The van der Waals surface area contributed by atoms with Gasteiger partial charge >= 0.3 is 18.2 Å². The number of unbranched alkanes of at least 4 members (excludes halogenated alkanes) is 3. The van der Waals surface area contributed by atoms with Crippen LogP contribution in [-0.4, -0.2) is 60.7 Å². The van der Waals surface area contributed by atoms with Gasteiger partial charge in [-0.15, -0.1) is 0 Å². The third-order valence-electron chi connectivity index (χ3n) is 5.79. The predicted octanol–water partition coefficient (Wildman–Crippen LogP) is 6.39. The summed E-state index contributed by atoms with van der Waals surface area (Å²) in [5.74, 6) is -0.920. The number of rotatable bonds is 17. The average molecular weight is 558 g/mol. The van der Waals surface area contributed by atoms with Crippen LogP contribution in [0.5, 0.6) is 5.75 Å². The number of ether oxygens (including phenoxy) is 3. The number of carbonyl (C=O) groups is 2. The highest BCUT2D eigenvalue weighted by atomic mass is 19.4. The molecule has 0 heterocycles. The minimum absolute atomic E-state index is 0.0371. The fourth-order valence-electron chi connectivity index (χ4n) is 3.72. The van der Waals surface area contributed by atoms with Crippen molar-refractivity contribution in [1.29, 1.82) is 0 Å². The molecule has 1 unspecified atom stereocenters. The zero-order chi connectivity index (χ0) is 28.7. The van der Waals surface area contributed by atoms with Crippen LogP contribution in [0.25, 0.3) is 0 Å². The van der Waals surface area contributed by atoms with E-state index in [0.717, 1.165) is 5.56 Å². The van der Waals surface area contributed by atoms with Crippen molar-refractivity contribution in [2.75, 3.05) is 26.3 Å². The third-order valence-corrected chi connectivity index (χ3v) is 5.79. The van der Waals surface area contributed by atoms with E-state index in [2.05, 4.69) is 0 Å². The van der Waals surface area contributed by atoms with E-state index >= 15 is 0 Å². The molecule has 0 radical (unpaired) electrons. The molecule has 7 nitrogen and oxygen atoms in total. The first-order valence-corrected chi connectivity index (χ1v) is 12.9. The molecular formula is C28H35F4NO6. The summed E-state index contributed by atoms with van der Waals surface area (Å²) in [6.07, 6.45) is -4.88. The van der Waals surface area contributed by atoms with Crippen molar-refractivity contribution in [2.45, 2.75) is 64.3 Å². The van der Waals surface area contributed by atoms with Crippen LogP contribution in [-0.2, 0) is 27.3 Å².